The van der Waals surface area contributed by atoms with E-state index in [1.807, 2.05) is 0 Å². The molecule has 10 heteroatoms. The molecule has 0 radical (unpaired) electrons. The van der Waals surface area contributed by atoms with Crippen LogP contribution in [-0.2, 0) is 20.8 Å². The van der Waals surface area contributed by atoms with Crippen LogP contribution in [0.2, 0.25) is 0 Å². The summed E-state index contributed by atoms with van der Waals surface area (Å²) in [6.07, 6.45) is 1.30. The maximum Gasteiger partial charge on any atom is 0.407 e. The summed E-state index contributed by atoms with van der Waals surface area (Å²) in [6, 6.07) is 5.28. The molecule has 4 rings (SSSR count). The smallest absolute Gasteiger partial charge is 0.407 e. The monoisotopic (exact) mass is 420 g/mol. The Kier molecular flexibility index (Phi) is 5.93. The lowest BCUT2D eigenvalue weighted by Gasteiger charge is -2.33. The van der Waals surface area contributed by atoms with Gasteiger partial charge in [-0.05, 0) is 37.8 Å². The number of carbonyl (C=O) groups excluding carboxylic acids is 2. The Balaban J connectivity index is 1.20. The molecule has 0 unspecified atom stereocenters. The van der Waals surface area contributed by atoms with Crippen molar-refractivity contribution in [1.29, 1.82) is 0 Å². The quantitative estimate of drug-likeness (QED) is 0.666. The van der Waals surface area contributed by atoms with Gasteiger partial charge in [-0.1, -0.05) is 6.07 Å². The lowest BCUT2D eigenvalue weighted by Crippen LogP contribution is -2.36. The second-order valence-electron chi connectivity index (χ2n) is 7.45. The summed E-state index contributed by atoms with van der Waals surface area (Å²) in [4.78, 5) is 23.9. The molecule has 2 amide bonds. The minimum atomic E-state index is -0.727. The molecule has 160 valence electrons. The van der Waals surface area contributed by atoms with Crippen LogP contribution in [0.25, 0.3) is 0 Å². The number of nitrogens with one attached hydrogen (secondary N) is 3. The van der Waals surface area contributed by atoms with Gasteiger partial charge in [0, 0.05) is 29.8 Å². The average molecular weight is 420 g/mol. The summed E-state index contributed by atoms with van der Waals surface area (Å²) in [6.45, 7) is 0.304. The van der Waals surface area contributed by atoms with Gasteiger partial charge in [0.2, 0.25) is 0 Å². The van der Waals surface area contributed by atoms with Crippen molar-refractivity contribution in [3.63, 3.8) is 0 Å². The first-order chi connectivity index (χ1) is 14.5. The first-order valence-electron chi connectivity index (χ1n) is 9.84. The zero-order valence-corrected chi connectivity index (χ0v) is 16.1. The fourth-order valence-electron chi connectivity index (χ4n) is 3.57. The number of aromatic amines is 1. The lowest BCUT2D eigenvalue weighted by atomic mass is 9.80. The van der Waals surface area contributed by atoms with Gasteiger partial charge < -0.3 is 20.1 Å². The first kappa shape index (κ1) is 20.3. The Labute approximate surface area is 171 Å². The van der Waals surface area contributed by atoms with E-state index in [2.05, 4.69) is 20.8 Å². The van der Waals surface area contributed by atoms with Gasteiger partial charge in [0.15, 0.2) is 5.82 Å². The van der Waals surface area contributed by atoms with E-state index in [9.17, 15) is 18.4 Å². The van der Waals surface area contributed by atoms with Crippen LogP contribution < -0.4 is 10.6 Å². The van der Waals surface area contributed by atoms with Crippen LogP contribution >= 0.6 is 0 Å². The van der Waals surface area contributed by atoms with E-state index in [1.54, 1.807) is 6.07 Å². The maximum atomic E-state index is 13.6. The third-order valence-electron chi connectivity index (χ3n) is 5.35. The standard InChI is InChI=1S/C20H22F2N4O4/c21-14-3-1-4-15(22)13(14)10-23-20(28)30-12-7-11(8-12)16-9-18(26-25-16)24-19(27)17-5-2-6-29-17/h1,3-4,9,11-12,17H,2,5-8,10H2,(H,23,28)(H2,24,25,26,27)/t11-,12+,17-/m1/s1. The molecule has 1 aliphatic carbocycles. The van der Waals surface area contributed by atoms with E-state index < -0.39 is 23.8 Å². The van der Waals surface area contributed by atoms with E-state index >= 15 is 0 Å². The van der Waals surface area contributed by atoms with Gasteiger partial charge in [-0.2, -0.15) is 5.10 Å². The van der Waals surface area contributed by atoms with Gasteiger partial charge in [0.05, 0.1) is 6.54 Å². The minimum absolute atomic E-state index is 0.118. The van der Waals surface area contributed by atoms with Gasteiger partial charge >= 0.3 is 6.09 Å². The van der Waals surface area contributed by atoms with E-state index in [0.29, 0.717) is 31.7 Å². The summed E-state index contributed by atoms with van der Waals surface area (Å²) >= 11 is 0. The van der Waals surface area contributed by atoms with Crippen molar-refractivity contribution in [2.24, 2.45) is 0 Å². The van der Waals surface area contributed by atoms with Crippen LogP contribution in [0, 0.1) is 11.6 Å². The molecule has 1 aromatic heterocycles. The van der Waals surface area contributed by atoms with Crippen LogP contribution in [0.4, 0.5) is 19.4 Å². The number of alkyl carbamates (subject to hydrolysis) is 1. The number of hydrogen-bond donors (Lipinski definition) is 3. The average Bonchev–Trinajstić information content (AvgIpc) is 3.36. The van der Waals surface area contributed by atoms with Crippen LogP contribution in [0.1, 0.15) is 42.9 Å². The number of rotatable bonds is 6. The number of anilines is 1. The molecule has 1 saturated heterocycles. The normalized spacial score (nSPS) is 22.9. The zero-order valence-electron chi connectivity index (χ0n) is 16.1. The second kappa shape index (κ2) is 8.78. The molecule has 1 saturated carbocycles. The molecule has 1 atom stereocenters. The Bertz CT molecular complexity index is 903. The summed E-state index contributed by atoms with van der Waals surface area (Å²) in [5, 5.41) is 12.1. The highest BCUT2D eigenvalue weighted by molar-refractivity contribution is 5.93. The first-order valence-corrected chi connectivity index (χ1v) is 9.84. The van der Waals surface area contributed by atoms with Crippen molar-refractivity contribution in [2.45, 2.75) is 50.4 Å². The number of amides is 2. The van der Waals surface area contributed by atoms with E-state index in [4.69, 9.17) is 9.47 Å². The molecule has 3 N–H and O–H groups in total. The highest BCUT2D eigenvalue weighted by atomic mass is 19.1. The van der Waals surface area contributed by atoms with Crippen LogP contribution in [0.15, 0.2) is 24.3 Å². The number of ether oxygens (including phenoxy) is 2. The number of benzene rings is 1. The topological polar surface area (TPSA) is 105 Å². The zero-order chi connectivity index (χ0) is 21.1. The summed E-state index contributed by atoms with van der Waals surface area (Å²) in [5.74, 6) is -1.10. The van der Waals surface area contributed by atoms with Crippen LogP contribution in [0.3, 0.4) is 0 Å². The predicted octanol–water partition coefficient (Wildman–Crippen LogP) is 2.98. The molecule has 2 fully saturated rings. The van der Waals surface area contributed by atoms with Gasteiger partial charge in [-0.15, -0.1) is 0 Å². The molecule has 2 heterocycles. The maximum absolute atomic E-state index is 13.6. The Morgan fingerprint density at radius 3 is 2.73 bits per heavy atom. The minimum Gasteiger partial charge on any atom is -0.446 e. The number of H-pyrrole nitrogens is 1. The molecule has 1 aliphatic heterocycles. The fourth-order valence-corrected chi connectivity index (χ4v) is 3.57. The molecule has 1 aromatic carbocycles. The second-order valence-corrected chi connectivity index (χ2v) is 7.45. The van der Waals surface area contributed by atoms with E-state index in [0.717, 1.165) is 24.2 Å². The number of aromatic nitrogens is 2. The van der Waals surface area contributed by atoms with Gasteiger partial charge in [-0.25, -0.2) is 13.6 Å². The van der Waals surface area contributed by atoms with Crippen molar-refractivity contribution in [3.8, 4) is 0 Å². The largest absolute Gasteiger partial charge is 0.446 e. The van der Waals surface area contributed by atoms with Crippen molar-refractivity contribution in [3.05, 3.63) is 47.2 Å². The predicted molar refractivity (Wildman–Crippen MR) is 102 cm³/mol. The highest BCUT2D eigenvalue weighted by Crippen LogP contribution is 2.38. The third-order valence-corrected chi connectivity index (χ3v) is 5.35. The summed E-state index contributed by atoms with van der Waals surface area (Å²) < 4.78 is 37.8. The van der Waals surface area contributed by atoms with Crippen molar-refractivity contribution in [2.75, 3.05) is 11.9 Å². The molecule has 8 nitrogen and oxygen atoms in total. The number of halogens is 2. The Morgan fingerprint density at radius 2 is 2.03 bits per heavy atom. The Morgan fingerprint density at radius 1 is 1.27 bits per heavy atom. The van der Waals surface area contributed by atoms with Gasteiger partial charge in [0.1, 0.15) is 23.8 Å². The fraction of sp³-hybridized carbons (Fsp3) is 0.450. The molecular weight excluding hydrogens is 398 g/mol. The van der Waals surface area contributed by atoms with Crippen molar-refractivity contribution >= 4 is 17.8 Å². The SMILES string of the molecule is O=C(NCc1c(F)cccc1F)O[C@H]1C[C@@H](c2cc(NC(=O)[C@H]3CCCO3)n[nH]2)C1. The number of hydrogen-bond acceptors (Lipinski definition) is 5. The van der Waals surface area contributed by atoms with Crippen molar-refractivity contribution in [1.82, 2.24) is 15.5 Å². The molecule has 0 spiro atoms. The Hall–Kier alpha value is -3.01. The highest BCUT2D eigenvalue weighted by Gasteiger charge is 2.35. The van der Waals surface area contributed by atoms with Crippen LogP contribution in [-0.4, -0.2) is 41.0 Å². The van der Waals surface area contributed by atoms with Crippen LogP contribution in [0.5, 0.6) is 0 Å². The molecule has 30 heavy (non-hydrogen) atoms. The van der Waals surface area contributed by atoms with Crippen molar-refractivity contribution < 1.29 is 27.8 Å². The summed E-state index contributed by atoms with van der Waals surface area (Å²) in [7, 11) is 0. The number of carbonyl (C=O) groups is 2. The van der Waals surface area contributed by atoms with E-state index in [1.165, 1.54) is 6.07 Å². The molecule has 2 aromatic rings. The molecule has 0 bridgehead atoms. The molecule has 2 aliphatic rings. The lowest BCUT2D eigenvalue weighted by molar-refractivity contribution is -0.124. The van der Waals surface area contributed by atoms with Gasteiger partial charge in [0.25, 0.3) is 5.91 Å². The summed E-state index contributed by atoms with van der Waals surface area (Å²) in [5.41, 5.74) is 0.627. The number of nitrogens with zero attached hydrogens (tertiary/aromatic N) is 1. The third kappa shape index (κ3) is 4.59. The molecular formula is C20H22F2N4O4. The van der Waals surface area contributed by atoms with E-state index in [-0.39, 0.29) is 30.0 Å². The van der Waals surface area contributed by atoms with Gasteiger partial charge in [-0.3, -0.25) is 9.89 Å².